The van der Waals surface area contributed by atoms with Gasteiger partial charge in [0.05, 0.1) is 18.1 Å². The van der Waals surface area contributed by atoms with Crippen LogP contribution in [0.5, 0.6) is 5.75 Å². The van der Waals surface area contributed by atoms with E-state index in [0.29, 0.717) is 31.6 Å². The number of halogens is 2. The van der Waals surface area contributed by atoms with Crippen molar-refractivity contribution in [1.82, 2.24) is 10.2 Å². The molecular formula is C22H20Cl2N2O3S2. The van der Waals surface area contributed by atoms with Gasteiger partial charge in [0.15, 0.2) is 0 Å². The Morgan fingerprint density at radius 2 is 2.00 bits per heavy atom. The van der Waals surface area contributed by atoms with Crippen LogP contribution >= 0.6 is 47.2 Å². The van der Waals surface area contributed by atoms with E-state index in [9.17, 15) is 4.79 Å². The van der Waals surface area contributed by atoms with Gasteiger partial charge in [-0.1, -0.05) is 59.3 Å². The summed E-state index contributed by atoms with van der Waals surface area (Å²) in [6, 6.07) is 11.2. The number of nitrogens with one attached hydrogen (secondary N) is 1. The van der Waals surface area contributed by atoms with E-state index in [2.05, 4.69) is 10.2 Å². The Bertz CT molecular complexity index is 1040. The van der Waals surface area contributed by atoms with Gasteiger partial charge in [-0.15, -0.1) is 0 Å². The van der Waals surface area contributed by atoms with Crippen LogP contribution < -0.4 is 10.1 Å². The van der Waals surface area contributed by atoms with Crippen molar-refractivity contribution in [3.63, 3.8) is 0 Å². The molecule has 0 saturated carbocycles. The van der Waals surface area contributed by atoms with Crippen LogP contribution in [0, 0.1) is 0 Å². The molecule has 0 spiro atoms. The molecule has 2 aliphatic heterocycles. The van der Waals surface area contributed by atoms with Gasteiger partial charge >= 0.3 is 0 Å². The topological polar surface area (TPSA) is 50.8 Å². The number of rotatable bonds is 6. The molecule has 0 aromatic heterocycles. The number of carbonyl (C=O) groups excluding carboxylic acids is 1. The van der Waals surface area contributed by atoms with Crippen LogP contribution in [0.1, 0.15) is 5.56 Å². The summed E-state index contributed by atoms with van der Waals surface area (Å²) in [5.74, 6) is 0.491. The van der Waals surface area contributed by atoms with Crippen molar-refractivity contribution in [2.45, 2.75) is 0 Å². The maximum Gasteiger partial charge on any atom is 0.263 e. The highest BCUT2D eigenvalue weighted by Gasteiger charge is 2.23. The van der Waals surface area contributed by atoms with Gasteiger partial charge in [-0.25, -0.2) is 0 Å². The van der Waals surface area contributed by atoms with Crippen LogP contribution in [0.3, 0.4) is 0 Å². The fourth-order valence-electron chi connectivity index (χ4n) is 3.36. The first-order chi connectivity index (χ1) is 15.0. The van der Waals surface area contributed by atoms with E-state index in [1.165, 1.54) is 11.8 Å². The SMILES string of the molecule is O=C1NC(=S)S/C1=C\c1cc(-c2ccc(Cl)cc2Cl)ccc1OCCN1CCOCC1. The summed E-state index contributed by atoms with van der Waals surface area (Å²) in [5, 5.41) is 3.78. The molecule has 0 unspecified atom stereocenters. The number of morpholine rings is 1. The molecule has 2 aliphatic rings. The molecule has 0 bridgehead atoms. The molecule has 2 aromatic carbocycles. The highest BCUT2D eigenvalue weighted by Crippen LogP contribution is 2.35. The van der Waals surface area contributed by atoms with Crippen molar-refractivity contribution in [2.24, 2.45) is 0 Å². The smallest absolute Gasteiger partial charge is 0.263 e. The molecule has 162 valence electrons. The lowest BCUT2D eigenvalue weighted by Gasteiger charge is -2.26. The first kappa shape index (κ1) is 22.6. The highest BCUT2D eigenvalue weighted by molar-refractivity contribution is 8.26. The van der Waals surface area contributed by atoms with Crippen LogP contribution in [0.4, 0.5) is 0 Å². The largest absolute Gasteiger partial charge is 0.492 e. The van der Waals surface area contributed by atoms with Crippen molar-refractivity contribution in [3.05, 3.63) is 56.9 Å². The molecule has 2 saturated heterocycles. The molecule has 5 nitrogen and oxygen atoms in total. The summed E-state index contributed by atoms with van der Waals surface area (Å²) in [4.78, 5) is 15.0. The lowest BCUT2D eigenvalue weighted by Crippen LogP contribution is -2.38. The Morgan fingerprint density at radius 3 is 2.71 bits per heavy atom. The van der Waals surface area contributed by atoms with Gasteiger partial charge in [-0.2, -0.15) is 0 Å². The number of thiocarbonyl (C=S) groups is 1. The summed E-state index contributed by atoms with van der Waals surface area (Å²) in [5.41, 5.74) is 2.54. The predicted octanol–water partition coefficient (Wildman–Crippen LogP) is 4.86. The zero-order valence-corrected chi connectivity index (χ0v) is 19.7. The van der Waals surface area contributed by atoms with E-state index in [1.54, 1.807) is 18.2 Å². The monoisotopic (exact) mass is 494 g/mol. The summed E-state index contributed by atoms with van der Waals surface area (Å²) in [7, 11) is 0. The zero-order chi connectivity index (χ0) is 21.8. The summed E-state index contributed by atoms with van der Waals surface area (Å²) < 4.78 is 11.9. The van der Waals surface area contributed by atoms with E-state index < -0.39 is 0 Å². The van der Waals surface area contributed by atoms with Gasteiger partial charge in [0.1, 0.15) is 16.7 Å². The number of carbonyl (C=O) groups is 1. The molecule has 0 aliphatic carbocycles. The number of hydrogen-bond donors (Lipinski definition) is 1. The second-order valence-electron chi connectivity index (χ2n) is 7.03. The molecule has 4 rings (SSSR count). The number of thioether (sulfide) groups is 1. The molecular weight excluding hydrogens is 475 g/mol. The minimum absolute atomic E-state index is 0.204. The minimum atomic E-state index is -0.204. The first-order valence-corrected chi connectivity index (χ1v) is 11.7. The first-order valence-electron chi connectivity index (χ1n) is 9.77. The van der Waals surface area contributed by atoms with Crippen molar-refractivity contribution in [3.8, 4) is 16.9 Å². The van der Waals surface area contributed by atoms with Gasteiger partial charge in [0.2, 0.25) is 0 Å². The Labute approximate surface area is 200 Å². The predicted molar refractivity (Wildman–Crippen MR) is 131 cm³/mol. The summed E-state index contributed by atoms with van der Waals surface area (Å²) >= 11 is 18.8. The summed E-state index contributed by atoms with van der Waals surface area (Å²) in [6.07, 6.45) is 1.80. The van der Waals surface area contributed by atoms with E-state index >= 15 is 0 Å². The average Bonchev–Trinajstić information content (AvgIpc) is 3.06. The molecule has 9 heteroatoms. The van der Waals surface area contributed by atoms with Gasteiger partial charge in [-0.05, 0) is 35.9 Å². The molecule has 2 heterocycles. The maximum atomic E-state index is 12.2. The van der Waals surface area contributed by atoms with Crippen LogP contribution in [-0.4, -0.2) is 54.6 Å². The molecule has 2 fully saturated rings. The second kappa shape index (κ2) is 10.3. The molecule has 1 N–H and O–H groups in total. The highest BCUT2D eigenvalue weighted by atomic mass is 35.5. The van der Waals surface area contributed by atoms with Crippen LogP contribution in [-0.2, 0) is 9.53 Å². The zero-order valence-electron chi connectivity index (χ0n) is 16.5. The molecule has 2 aromatic rings. The molecule has 0 radical (unpaired) electrons. The fourth-order valence-corrected chi connectivity index (χ4v) is 4.91. The molecule has 31 heavy (non-hydrogen) atoms. The minimum Gasteiger partial charge on any atom is -0.492 e. The van der Waals surface area contributed by atoms with Crippen LogP contribution in [0.25, 0.3) is 17.2 Å². The number of hydrogen-bond acceptors (Lipinski definition) is 6. The number of nitrogens with zero attached hydrogens (tertiary/aromatic N) is 1. The van der Waals surface area contributed by atoms with Gasteiger partial charge < -0.3 is 14.8 Å². The summed E-state index contributed by atoms with van der Waals surface area (Å²) in [6.45, 7) is 4.66. The third-order valence-corrected chi connectivity index (χ3v) is 6.66. The maximum absolute atomic E-state index is 12.2. The van der Waals surface area contributed by atoms with Gasteiger partial charge in [0, 0.05) is 40.8 Å². The van der Waals surface area contributed by atoms with Crippen molar-refractivity contribution >= 4 is 63.5 Å². The van der Waals surface area contributed by atoms with Crippen molar-refractivity contribution < 1.29 is 14.3 Å². The third kappa shape index (κ3) is 5.80. The third-order valence-electron chi connectivity index (χ3n) is 4.95. The Kier molecular flexibility index (Phi) is 7.53. The van der Waals surface area contributed by atoms with E-state index in [4.69, 9.17) is 44.9 Å². The lowest BCUT2D eigenvalue weighted by atomic mass is 10.0. The van der Waals surface area contributed by atoms with Crippen LogP contribution in [0.2, 0.25) is 10.0 Å². The lowest BCUT2D eigenvalue weighted by molar-refractivity contribution is -0.115. The van der Waals surface area contributed by atoms with Gasteiger partial charge in [0.25, 0.3) is 5.91 Å². The van der Waals surface area contributed by atoms with E-state index in [1.807, 2.05) is 24.3 Å². The normalized spacial score (nSPS) is 18.5. The number of ether oxygens (including phenoxy) is 2. The quantitative estimate of drug-likeness (QED) is 0.457. The number of benzene rings is 2. The molecule has 1 amide bonds. The fraction of sp³-hybridized carbons (Fsp3) is 0.273. The Hall–Kier alpha value is -1.61. The van der Waals surface area contributed by atoms with Gasteiger partial charge in [-0.3, -0.25) is 9.69 Å². The average molecular weight is 495 g/mol. The van der Waals surface area contributed by atoms with Crippen LogP contribution in [0.15, 0.2) is 41.3 Å². The molecule has 0 atom stereocenters. The van der Waals surface area contributed by atoms with Crippen molar-refractivity contribution in [2.75, 3.05) is 39.5 Å². The second-order valence-corrected chi connectivity index (χ2v) is 9.59. The number of amides is 1. The van der Waals surface area contributed by atoms with E-state index in [0.717, 1.165) is 49.5 Å². The Balaban J connectivity index is 1.61. The Morgan fingerprint density at radius 1 is 1.19 bits per heavy atom. The van der Waals surface area contributed by atoms with Crippen molar-refractivity contribution in [1.29, 1.82) is 0 Å². The van der Waals surface area contributed by atoms with E-state index in [-0.39, 0.29) is 5.91 Å². The standard InChI is InChI=1S/C22H20Cl2N2O3S2/c23-16-2-3-17(18(24)13-16)14-1-4-19(29-10-7-26-5-8-28-9-6-26)15(11-14)12-20-21(27)25-22(30)31-20/h1-4,11-13H,5-10H2,(H,25,27,30)/b20-12-.